The lowest BCUT2D eigenvalue weighted by Gasteiger charge is -2.07. The first-order valence-corrected chi connectivity index (χ1v) is 6.46. The van der Waals surface area contributed by atoms with Crippen LogP contribution >= 0.6 is 31.9 Å². The summed E-state index contributed by atoms with van der Waals surface area (Å²) in [6.45, 7) is 2.02. The summed E-state index contributed by atoms with van der Waals surface area (Å²) in [5.74, 6) is 0.891. The number of nitrogens with one attached hydrogen (secondary N) is 1. The molecule has 0 aliphatic carbocycles. The van der Waals surface area contributed by atoms with Crippen LogP contribution in [0.3, 0.4) is 0 Å². The average Bonchev–Trinajstić information content (AvgIpc) is 2.22. The molecule has 0 spiro atoms. The molecule has 0 radical (unpaired) electrons. The van der Waals surface area contributed by atoms with Crippen molar-refractivity contribution in [2.24, 2.45) is 0 Å². The molecule has 0 aliphatic heterocycles. The molecule has 0 atom stereocenters. The lowest BCUT2D eigenvalue weighted by molar-refractivity contribution is 1.15. The monoisotopic (exact) mass is 356 g/mol. The zero-order valence-corrected chi connectivity index (χ0v) is 12.2. The normalized spacial score (nSPS) is 10.3. The Morgan fingerprint density at radius 2 is 1.94 bits per heavy atom. The first-order chi connectivity index (χ1) is 8.04. The highest BCUT2D eigenvalue weighted by atomic mass is 79.9. The molecule has 88 valence electrons. The third kappa shape index (κ3) is 3.17. The van der Waals surface area contributed by atoms with Crippen LogP contribution in [-0.2, 0) is 0 Å². The van der Waals surface area contributed by atoms with Crippen LogP contribution < -0.4 is 11.1 Å². The van der Waals surface area contributed by atoms with Crippen LogP contribution in [0.5, 0.6) is 0 Å². The molecule has 0 saturated carbocycles. The van der Waals surface area contributed by atoms with Crippen LogP contribution in [0.2, 0.25) is 0 Å². The second-order valence-corrected chi connectivity index (χ2v) is 5.19. The molecule has 2 aromatic rings. The predicted molar refractivity (Wildman–Crippen MR) is 76.3 cm³/mol. The van der Waals surface area contributed by atoms with Crippen LogP contribution in [0, 0.1) is 6.92 Å². The SMILES string of the molecule is Cc1cc(Nc2nc(N)cc(Br)n2)ccc1Br. The number of nitrogen functional groups attached to an aromatic ring is 1. The Bertz CT molecular complexity index is 537. The molecule has 1 heterocycles. The van der Waals surface area contributed by atoms with E-state index >= 15 is 0 Å². The molecule has 1 aromatic heterocycles. The van der Waals surface area contributed by atoms with Gasteiger partial charge in [0.05, 0.1) is 0 Å². The smallest absolute Gasteiger partial charge is 0.230 e. The molecule has 17 heavy (non-hydrogen) atoms. The van der Waals surface area contributed by atoms with Crippen LogP contribution in [0.25, 0.3) is 0 Å². The summed E-state index contributed by atoms with van der Waals surface area (Å²) in [6, 6.07) is 7.57. The van der Waals surface area contributed by atoms with Crippen molar-refractivity contribution >= 4 is 49.3 Å². The van der Waals surface area contributed by atoms with E-state index in [9.17, 15) is 0 Å². The van der Waals surface area contributed by atoms with Crippen molar-refractivity contribution in [3.63, 3.8) is 0 Å². The molecule has 0 fully saturated rings. The summed E-state index contributed by atoms with van der Waals surface area (Å²) in [6.07, 6.45) is 0. The van der Waals surface area contributed by atoms with Gasteiger partial charge in [-0.05, 0) is 46.6 Å². The number of aryl methyl sites for hydroxylation is 1. The second-order valence-electron chi connectivity index (χ2n) is 3.53. The minimum Gasteiger partial charge on any atom is -0.383 e. The molecule has 6 heteroatoms. The van der Waals surface area contributed by atoms with E-state index in [0.717, 1.165) is 15.7 Å². The van der Waals surface area contributed by atoms with Gasteiger partial charge < -0.3 is 11.1 Å². The fourth-order valence-corrected chi connectivity index (χ4v) is 1.99. The molecule has 0 saturated heterocycles. The lowest BCUT2D eigenvalue weighted by atomic mass is 10.2. The molecule has 0 amide bonds. The zero-order chi connectivity index (χ0) is 12.4. The molecule has 1 aromatic carbocycles. The third-order valence-electron chi connectivity index (χ3n) is 2.13. The summed E-state index contributed by atoms with van der Waals surface area (Å²) >= 11 is 6.73. The highest BCUT2D eigenvalue weighted by Gasteiger charge is 2.02. The minimum atomic E-state index is 0.420. The summed E-state index contributed by atoms with van der Waals surface area (Å²) in [5.41, 5.74) is 7.70. The van der Waals surface area contributed by atoms with E-state index in [1.54, 1.807) is 6.07 Å². The quantitative estimate of drug-likeness (QED) is 0.805. The van der Waals surface area contributed by atoms with Crippen molar-refractivity contribution in [3.8, 4) is 0 Å². The van der Waals surface area contributed by atoms with Gasteiger partial charge in [-0.15, -0.1) is 0 Å². The fraction of sp³-hybridized carbons (Fsp3) is 0.0909. The maximum atomic E-state index is 5.64. The average molecular weight is 358 g/mol. The molecular weight excluding hydrogens is 348 g/mol. The predicted octanol–water partition coefficient (Wildman–Crippen LogP) is 3.64. The third-order valence-corrected chi connectivity index (χ3v) is 3.42. The van der Waals surface area contributed by atoms with E-state index in [-0.39, 0.29) is 0 Å². The Hall–Kier alpha value is -1.14. The van der Waals surface area contributed by atoms with Gasteiger partial charge in [0.1, 0.15) is 10.4 Å². The number of rotatable bonds is 2. The number of nitrogens with two attached hydrogens (primary N) is 1. The van der Waals surface area contributed by atoms with Crippen molar-refractivity contribution in [2.45, 2.75) is 6.92 Å². The van der Waals surface area contributed by atoms with Crippen LogP contribution in [0.15, 0.2) is 33.3 Å². The molecule has 2 rings (SSSR count). The van der Waals surface area contributed by atoms with Crippen LogP contribution in [-0.4, -0.2) is 9.97 Å². The van der Waals surface area contributed by atoms with E-state index in [4.69, 9.17) is 5.73 Å². The van der Waals surface area contributed by atoms with Crippen molar-refractivity contribution in [1.82, 2.24) is 9.97 Å². The Morgan fingerprint density at radius 1 is 1.18 bits per heavy atom. The van der Waals surface area contributed by atoms with Gasteiger partial charge in [-0.25, -0.2) is 4.98 Å². The molecule has 0 aliphatic rings. The van der Waals surface area contributed by atoms with Crippen molar-refractivity contribution < 1.29 is 0 Å². The molecular formula is C11H10Br2N4. The van der Waals surface area contributed by atoms with E-state index in [1.807, 2.05) is 25.1 Å². The first kappa shape index (κ1) is 12.3. The molecule has 0 unspecified atom stereocenters. The van der Waals surface area contributed by atoms with Gasteiger partial charge in [0.25, 0.3) is 0 Å². The van der Waals surface area contributed by atoms with Crippen molar-refractivity contribution in [3.05, 3.63) is 38.9 Å². The molecule has 0 bridgehead atoms. The highest BCUT2D eigenvalue weighted by Crippen LogP contribution is 2.22. The van der Waals surface area contributed by atoms with Crippen LogP contribution in [0.4, 0.5) is 17.5 Å². The maximum Gasteiger partial charge on any atom is 0.230 e. The van der Waals surface area contributed by atoms with Gasteiger partial charge in [-0.1, -0.05) is 15.9 Å². The van der Waals surface area contributed by atoms with Gasteiger partial charge in [-0.2, -0.15) is 4.98 Å². The fourth-order valence-electron chi connectivity index (χ4n) is 1.34. The zero-order valence-electron chi connectivity index (χ0n) is 9.04. The Labute approximate surface area is 116 Å². The van der Waals surface area contributed by atoms with E-state index < -0.39 is 0 Å². The highest BCUT2D eigenvalue weighted by molar-refractivity contribution is 9.10. The van der Waals surface area contributed by atoms with Gasteiger partial charge in [0.15, 0.2) is 0 Å². The second kappa shape index (κ2) is 5.01. The number of anilines is 3. The Kier molecular flexibility index (Phi) is 3.63. The van der Waals surface area contributed by atoms with E-state index in [0.29, 0.717) is 16.4 Å². The largest absolute Gasteiger partial charge is 0.383 e. The number of halogens is 2. The van der Waals surface area contributed by atoms with E-state index in [1.165, 1.54) is 0 Å². The summed E-state index contributed by atoms with van der Waals surface area (Å²) < 4.78 is 1.72. The first-order valence-electron chi connectivity index (χ1n) is 4.88. The Balaban J connectivity index is 2.28. The lowest BCUT2D eigenvalue weighted by Crippen LogP contribution is -2.00. The Morgan fingerprint density at radius 3 is 2.59 bits per heavy atom. The number of hydrogen-bond acceptors (Lipinski definition) is 4. The summed E-state index contributed by atoms with van der Waals surface area (Å²) in [5, 5.41) is 3.10. The van der Waals surface area contributed by atoms with Gasteiger partial charge in [0, 0.05) is 16.2 Å². The van der Waals surface area contributed by atoms with Crippen molar-refractivity contribution in [2.75, 3.05) is 11.1 Å². The molecule has 3 N–H and O–H groups in total. The summed E-state index contributed by atoms with van der Waals surface area (Å²) in [7, 11) is 0. The molecule has 4 nitrogen and oxygen atoms in total. The summed E-state index contributed by atoms with van der Waals surface area (Å²) in [4.78, 5) is 8.28. The number of benzene rings is 1. The van der Waals surface area contributed by atoms with Gasteiger partial charge in [0.2, 0.25) is 5.95 Å². The van der Waals surface area contributed by atoms with Crippen LogP contribution in [0.1, 0.15) is 5.56 Å². The van der Waals surface area contributed by atoms with E-state index in [2.05, 4.69) is 47.1 Å². The van der Waals surface area contributed by atoms with Crippen molar-refractivity contribution in [1.29, 1.82) is 0 Å². The standard InChI is InChI=1S/C11H10Br2N4/c1-6-4-7(2-3-8(6)12)15-11-16-9(13)5-10(14)17-11/h2-5H,1H3,(H3,14,15,16,17). The number of nitrogens with zero attached hydrogens (tertiary/aromatic N) is 2. The van der Waals surface area contributed by atoms with Gasteiger partial charge >= 0.3 is 0 Å². The number of hydrogen-bond donors (Lipinski definition) is 2. The minimum absolute atomic E-state index is 0.420. The number of aromatic nitrogens is 2. The topological polar surface area (TPSA) is 63.8 Å². The van der Waals surface area contributed by atoms with Gasteiger partial charge in [-0.3, -0.25) is 0 Å². The maximum absolute atomic E-state index is 5.64.